The highest BCUT2D eigenvalue weighted by atomic mass is 19.1. The lowest BCUT2D eigenvalue weighted by Crippen LogP contribution is -2.29. The van der Waals surface area contributed by atoms with E-state index in [1.165, 1.54) is 19.2 Å². The van der Waals surface area contributed by atoms with Crippen LogP contribution in [0.3, 0.4) is 0 Å². The average Bonchev–Trinajstić information content (AvgIpc) is 3.11. The van der Waals surface area contributed by atoms with Gasteiger partial charge in [-0.05, 0) is 35.6 Å². The van der Waals surface area contributed by atoms with Crippen molar-refractivity contribution < 1.29 is 14.1 Å². The topological polar surface area (TPSA) is 64.4 Å². The molecule has 0 saturated heterocycles. The summed E-state index contributed by atoms with van der Waals surface area (Å²) in [6.07, 6.45) is 5.05. The number of nitrogens with one attached hydrogen (secondary N) is 1. The lowest BCUT2D eigenvalue weighted by atomic mass is 9.77. The molecule has 0 spiro atoms. The van der Waals surface area contributed by atoms with Crippen LogP contribution in [0.1, 0.15) is 29.5 Å². The Morgan fingerprint density at radius 3 is 2.92 bits per heavy atom. The minimum Gasteiger partial charge on any atom is -0.490 e. The summed E-state index contributed by atoms with van der Waals surface area (Å²) in [6, 6.07) is 9.82. The Morgan fingerprint density at radius 1 is 1.32 bits per heavy atom. The van der Waals surface area contributed by atoms with Gasteiger partial charge in [-0.3, -0.25) is 10.1 Å². The van der Waals surface area contributed by atoms with Crippen LogP contribution in [0.5, 0.6) is 5.75 Å². The molecule has 4 rings (SSSR count). The molecule has 128 valence electrons. The lowest BCUT2D eigenvalue weighted by molar-refractivity contribution is -0.385. The molecular weight excluding hydrogens is 323 g/mol. The first-order chi connectivity index (χ1) is 12.1. The van der Waals surface area contributed by atoms with Gasteiger partial charge in [0.2, 0.25) is 0 Å². The molecule has 3 atom stereocenters. The number of nitrogens with zero attached hydrogens (tertiary/aromatic N) is 1. The van der Waals surface area contributed by atoms with E-state index in [0.29, 0.717) is 5.69 Å². The van der Waals surface area contributed by atoms with Crippen LogP contribution in [0.4, 0.5) is 15.8 Å². The highest BCUT2D eigenvalue weighted by Crippen LogP contribution is 2.50. The van der Waals surface area contributed by atoms with Crippen LogP contribution >= 0.6 is 0 Å². The largest absolute Gasteiger partial charge is 0.490 e. The number of hydrogen-bond acceptors (Lipinski definition) is 4. The zero-order chi connectivity index (χ0) is 17.6. The molecule has 0 radical (unpaired) electrons. The van der Waals surface area contributed by atoms with Crippen molar-refractivity contribution >= 4 is 11.4 Å². The molecule has 1 N–H and O–H groups in total. The van der Waals surface area contributed by atoms with Gasteiger partial charge in [0.05, 0.1) is 23.8 Å². The fourth-order valence-corrected chi connectivity index (χ4v) is 3.96. The van der Waals surface area contributed by atoms with Crippen molar-refractivity contribution in [3.05, 3.63) is 75.6 Å². The van der Waals surface area contributed by atoms with Crippen molar-refractivity contribution in [2.75, 3.05) is 12.4 Å². The first-order valence-corrected chi connectivity index (χ1v) is 8.14. The summed E-state index contributed by atoms with van der Waals surface area (Å²) in [4.78, 5) is 10.9. The van der Waals surface area contributed by atoms with Gasteiger partial charge in [0.25, 0.3) is 0 Å². The van der Waals surface area contributed by atoms with Gasteiger partial charge < -0.3 is 10.1 Å². The van der Waals surface area contributed by atoms with Crippen molar-refractivity contribution in [1.82, 2.24) is 0 Å². The second-order valence-corrected chi connectivity index (χ2v) is 6.37. The zero-order valence-electron chi connectivity index (χ0n) is 13.6. The summed E-state index contributed by atoms with van der Waals surface area (Å²) in [6.45, 7) is 0. The average molecular weight is 340 g/mol. The van der Waals surface area contributed by atoms with Crippen LogP contribution in [0, 0.1) is 21.8 Å². The molecule has 0 saturated carbocycles. The number of fused-ring (bicyclic) bond motifs is 3. The van der Waals surface area contributed by atoms with Gasteiger partial charge in [-0.15, -0.1) is 0 Å². The quantitative estimate of drug-likeness (QED) is 0.505. The van der Waals surface area contributed by atoms with Crippen LogP contribution < -0.4 is 10.1 Å². The van der Waals surface area contributed by atoms with E-state index in [9.17, 15) is 14.5 Å². The normalized spacial score (nSPS) is 23.5. The van der Waals surface area contributed by atoms with Crippen molar-refractivity contribution in [2.45, 2.75) is 18.4 Å². The first-order valence-electron chi connectivity index (χ1n) is 8.14. The van der Waals surface area contributed by atoms with E-state index in [4.69, 9.17) is 4.74 Å². The number of hydrogen-bond donors (Lipinski definition) is 1. The maximum Gasteiger partial charge on any atom is 0.311 e. The Morgan fingerprint density at radius 2 is 2.16 bits per heavy atom. The van der Waals surface area contributed by atoms with E-state index >= 15 is 0 Å². The number of para-hydroxylation sites is 1. The molecule has 0 amide bonds. The second kappa shape index (κ2) is 5.88. The monoisotopic (exact) mass is 340 g/mol. The van der Waals surface area contributed by atoms with Gasteiger partial charge in [-0.25, -0.2) is 4.39 Å². The van der Waals surface area contributed by atoms with Gasteiger partial charge in [-0.1, -0.05) is 30.4 Å². The van der Waals surface area contributed by atoms with Crippen molar-refractivity contribution in [3.63, 3.8) is 0 Å². The Balaban J connectivity index is 1.80. The summed E-state index contributed by atoms with van der Waals surface area (Å²) < 4.78 is 19.4. The molecule has 2 aromatic rings. The van der Waals surface area contributed by atoms with Gasteiger partial charge in [0.15, 0.2) is 5.75 Å². The van der Waals surface area contributed by atoms with Gasteiger partial charge in [-0.2, -0.15) is 0 Å². The first kappa shape index (κ1) is 15.6. The SMILES string of the molecule is COc1ccc([C@H]2Nc3c(F)cccc3[C@H]3C=CC[C@H]32)cc1[N+](=O)[O-]. The van der Waals surface area contributed by atoms with E-state index in [2.05, 4.69) is 17.5 Å². The van der Waals surface area contributed by atoms with E-state index in [1.807, 2.05) is 12.1 Å². The minimum absolute atomic E-state index is 0.0800. The molecule has 0 bridgehead atoms. The maximum atomic E-state index is 14.3. The fraction of sp³-hybridized carbons (Fsp3) is 0.263. The molecule has 0 unspecified atom stereocenters. The number of nitro groups is 1. The Labute approximate surface area is 144 Å². The summed E-state index contributed by atoms with van der Waals surface area (Å²) in [5.74, 6) is 0.224. The summed E-state index contributed by atoms with van der Waals surface area (Å²) in [5, 5.41) is 14.6. The predicted octanol–water partition coefficient (Wildman–Crippen LogP) is 4.57. The number of halogens is 1. The van der Waals surface area contributed by atoms with Crippen LogP contribution in [0.25, 0.3) is 0 Å². The zero-order valence-corrected chi connectivity index (χ0v) is 13.6. The number of allylic oxidation sites excluding steroid dienone is 2. The molecule has 1 aliphatic carbocycles. The molecular formula is C19H17FN2O3. The molecule has 2 aliphatic rings. The number of anilines is 1. The second-order valence-electron chi connectivity index (χ2n) is 6.37. The third-order valence-electron chi connectivity index (χ3n) is 5.10. The van der Waals surface area contributed by atoms with Gasteiger partial charge in [0.1, 0.15) is 5.82 Å². The maximum absolute atomic E-state index is 14.3. The smallest absolute Gasteiger partial charge is 0.311 e. The fourth-order valence-electron chi connectivity index (χ4n) is 3.96. The molecule has 6 heteroatoms. The Bertz CT molecular complexity index is 881. The molecule has 0 aromatic heterocycles. The van der Waals surface area contributed by atoms with Crippen LogP contribution in [-0.2, 0) is 0 Å². The van der Waals surface area contributed by atoms with Crippen molar-refractivity contribution in [1.29, 1.82) is 0 Å². The summed E-state index contributed by atoms with van der Waals surface area (Å²) in [7, 11) is 1.41. The Hall–Kier alpha value is -2.89. The van der Waals surface area contributed by atoms with Crippen molar-refractivity contribution in [2.24, 2.45) is 5.92 Å². The number of rotatable bonds is 3. The third kappa shape index (κ3) is 2.45. The lowest BCUT2D eigenvalue weighted by Gasteiger charge is -2.37. The van der Waals surface area contributed by atoms with E-state index < -0.39 is 4.92 Å². The van der Waals surface area contributed by atoms with Crippen molar-refractivity contribution in [3.8, 4) is 5.75 Å². The van der Waals surface area contributed by atoms with Crippen LogP contribution in [0.15, 0.2) is 48.6 Å². The molecule has 25 heavy (non-hydrogen) atoms. The summed E-state index contributed by atoms with van der Waals surface area (Å²) in [5.41, 5.74) is 2.11. The molecule has 5 nitrogen and oxygen atoms in total. The van der Waals surface area contributed by atoms with E-state index in [1.54, 1.807) is 12.1 Å². The van der Waals surface area contributed by atoms with Gasteiger partial charge in [0, 0.05) is 12.0 Å². The molecule has 1 aliphatic heterocycles. The number of ether oxygens (including phenoxy) is 1. The third-order valence-corrected chi connectivity index (χ3v) is 5.10. The highest BCUT2D eigenvalue weighted by molar-refractivity contribution is 5.61. The molecule has 1 heterocycles. The summed E-state index contributed by atoms with van der Waals surface area (Å²) >= 11 is 0. The van der Waals surface area contributed by atoms with E-state index in [0.717, 1.165) is 17.5 Å². The standard InChI is InChI=1S/C19H17FN2O3/c1-25-17-9-8-11(10-16(17)22(23)24)18-13-5-2-4-12(13)14-6-3-7-15(20)19(14)21-18/h2-4,6-10,12-13,18,21H,5H2,1H3/t12-,13+,18+/m0/s1. The molecule has 2 aromatic carbocycles. The van der Waals surface area contributed by atoms with Crippen LogP contribution in [0.2, 0.25) is 0 Å². The number of nitro benzene ring substituents is 1. The predicted molar refractivity (Wildman–Crippen MR) is 92.4 cm³/mol. The molecule has 0 fully saturated rings. The highest BCUT2D eigenvalue weighted by Gasteiger charge is 2.39. The number of benzene rings is 2. The number of methoxy groups -OCH3 is 1. The van der Waals surface area contributed by atoms with Gasteiger partial charge >= 0.3 is 5.69 Å². The van der Waals surface area contributed by atoms with E-state index in [-0.39, 0.29) is 35.1 Å². The minimum atomic E-state index is -0.454. The van der Waals surface area contributed by atoms with Crippen LogP contribution in [-0.4, -0.2) is 12.0 Å². The Kier molecular flexibility index (Phi) is 3.67.